The van der Waals surface area contributed by atoms with Crippen LogP contribution in [-0.4, -0.2) is 19.5 Å². The summed E-state index contributed by atoms with van der Waals surface area (Å²) < 4.78 is 41.6. The number of hydrogen-bond donors (Lipinski definition) is 1. The molecule has 3 aromatic rings. The molecule has 0 radical (unpaired) electrons. The topological polar surface area (TPSA) is 51.1 Å². The smallest absolute Gasteiger partial charge is 0.240 e. The van der Waals surface area contributed by atoms with Crippen molar-refractivity contribution >= 4 is 32.5 Å². The summed E-state index contributed by atoms with van der Waals surface area (Å²) in [4.78, 5) is 0.0445. The van der Waals surface area contributed by atoms with E-state index in [0.717, 1.165) is 23.0 Å². The molecule has 0 saturated carbocycles. The Bertz CT molecular complexity index is 936. The molecule has 0 amide bonds. The van der Waals surface area contributed by atoms with Gasteiger partial charge in [-0.3, -0.25) is 0 Å². The summed E-state index contributed by atoms with van der Waals surface area (Å²) in [6.45, 7) is 0.706. The molecule has 1 heterocycles. The Kier molecular flexibility index (Phi) is 4.39. The Morgan fingerprint density at radius 2 is 1.83 bits per heavy atom. The molecule has 1 aromatic heterocycles. The molecule has 0 fully saturated rings. The fraction of sp³-hybridized carbons (Fsp3) is 0.125. The van der Waals surface area contributed by atoms with E-state index in [4.69, 9.17) is 11.6 Å². The largest absolute Gasteiger partial charge is 0.346 e. The van der Waals surface area contributed by atoms with Crippen molar-refractivity contribution in [3.8, 4) is 0 Å². The Balaban J connectivity index is 1.69. The number of nitrogens with one attached hydrogen (secondary N) is 1. The summed E-state index contributed by atoms with van der Waals surface area (Å²) >= 11 is 5.94. The molecule has 2 aromatic carbocycles. The third-order valence-corrected chi connectivity index (χ3v) is 5.21. The van der Waals surface area contributed by atoms with Crippen molar-refractivity contribution in [2.24, 2.45) is 0 Å². The van der Waals surface area contributed by atoms with Crippen LogP contribution in [0.3, 0.4) is 0 Å². The maximum absolute atomic E-state index is 12.9. The first-order chi connectivity index (χ1) is 11.0. The van der Waals surface area contributed by atoms with Crippen molar-refractivity contribution in [1.82, 2.24) is 9.29 Å². The fourth-order valence-electron chi connectivity index (χ4n) is 2.36. The number of fused-ring (bicyclic) bond motifs is 1. The molecule has 0 spiro atoms. The van der Waals surface area contributed by atoms with Crippen LogP contribution in [-0.2, 0) is 16.6 Å². The zero-order chi connectivity index (χ0) is 16.4. The lowest BCUT2D eigenvalue weighted by Gasteiger charge is -2.08. The number of aromatic nitrogens is 1. The molecule has 4 nitrogen and oxygen atoms in total. The molecule has 3 rings (SSSR count). The highest BCUT2D eigenvalue weighted by Gasteiger charge is 2.13. The molecule has 23 heavy (non-hydrogen) atoms. The highest BCUT2D eigenvalue weighted by atomic mass is 35.5. The van der Waals surface area contributed by atoms with E-state index in [9.17, 15) is 12.8 Å². The zero-order valence-electron chi connectivity index (χ0n) is 12.0. The molecule has 7 heteroatoms. The minimum absolute atomic E-state index is 0.0445. The van der Waals surface area contributed by atoms with Gasteiger partial charge in [0, 0.05) is 35.2 Å². The lowest BCUT2D eigenvalue weighted by atomic mass is 10.2. The van der Waals surface area contributed by atoms with Crippen LogP contribution in [0.1, 0.15) is 0 Å². The van der Waals surface area contributed by atoms with E-state index in [1.54, 1.807) is 6.07 Å². The van der Waals surface area contributed by atoms with Gasteiger partial charge in [-0.2, -0.15) is 0 Å². The summed E-state index contributed by atoms with van der Waals surface area (Å²) in [5.41, 5.74) is 0.982. The van der Waals surface area contributed by atoms with Gasteiger partial charge in [0.1, 0.15) is 5.82 Å². The predicted molar refractivity (Wildman–Crippen MR) is 88.5 cm³/mol. The Morgan fingerprint density at radius 3 is 2.57 bits per heavy atom. The van der Waals surface area contributed by atoms with Gasteiger partial charge in [-0.1, -0.05) is 11.6 Å². The van der Waals surface area contributed by atoms with E-state index >= 15 is 0 Å². The van der Waals surface area contributed by atoms with Crippen LogP contribution in [0.15, 0.2) is 59.6 Å². The minimum atomic E-state index is -3.64. The maximum Gasteiger partial charge on any atom is 0.240 e. The molecule has 1 N–H and O–H groups in total. The van der Waals surface area contributed by atoms with Crippen molar-refractivity contribution in [2.45, 2.75) is 11.4 Å². The molecule has 0 atom stereocenters. The molecular formula is C16H14ClFN2O2S. The van der Waals surface area contributed by atoms with Crippen molar-refractivity contribution in [3.63, 3.8) is 0 Å². The Hall–Kier alpha value is -1.89. The second kappa shape index (κ2) is 6.31. The third-order valence-electron chi connectivity index (χ3n) is 3.50. The summed E-state index contributed by atoms with van der Waals surface area (Å²) in [6, 6.07) is 12.2. The predicted octanol–water partition coefficient (Wildman–Crippen LogP) is 3.41. The molecule has 120 valence electrons. The highest BCUT2D eigenvalue weighted by Crippen LogP contribution is 2.20. The van der Waals surface area contributed by atoms with Crippen molar-refractivity contribution in [3.05, 3.63) is 65.6 Å². The van der Waals surface area contributed by atoms with Gasteiger partial charge in [0.2, 0.25) is 10.0 Å². The van der Waals surface area contributed by atoms with Gasteiger partial charge in [0.15, 0.2) is 0 Å². The standard InChI is InChI=1S/C16H14ClFN2O2S/c17-13-1-6-16-12(11-13)7-9-20(16)10-8-19-23(21,22)15-4-2-14(18)3-5-15/h1-7,9,11,19H,8,10H2. The Morgan fingerprint density at radius 1 is 1.09 bits per heavy atom. The molecule has 0 aliphatic rings. The maximum atomic E-state index is 12.9. The quantitative estimate of drug-likeness (QED) is 0.765. The number of rotatable bonds is 5. The third kappa shape index (κ3) is 3.55. The first kappa shape index (κ1) is 16.0. The van der Waals surface area contributed by atoms with E-state index in [0.29, 0.717) is 11.6 Å². The van der Waals surface area contributed by atoms with E-state index < -0.39 is 15.8 Å². The van der Waals surface area contributed by atoms with Gasteiger partial charge < -0.3 is 4.57 Å². The second-order valence-electron chi connectivity index (χ2n) is 5.06. The van der Waals surface area contributed by atoms with Crippen LogP contribution in [0.5, 0.6) is 0 Å². The van der Waals surface area contributed by atoms with Gasteiger partial charge in [0.05, 0.1) is 4.90 Å². The zero-order valence-corrected chi connectivity index (χ0v) is 13.6. The SMILES string of the molecule is O=S(=O)(NCCn1ccc2cc(Cl)ccc21)c1ccc(F)cc1. The number of hydrogen-bond acceptors (Lipinski definition) is 2. The lowest BCUT2D eigenvalue weighted by Crippen LogP contribution is -2.27. The summed E-state index contributed by atoms with van der Waals surface area (Å²) in [6.07, 6.45) is 1.88. The summed E-state index contributed by atoms with van der Waals surface area (Å²) in [5.74, 6) is -0.471. The first-order valence-corrected chi connectivity index (χ1v) is 8.81. The van der Waals surface area contributed by atoms with Gasteiger partial charge in [-0.15, -0.1) is 0 Å². The molecule has 0 aliphatic carbocycles. The molecule has 0 saturated heterocycles. The van der Waals surface area contributed by atoms with Crippen LogP contribution in [0.4, 0.5) is 4.39 Å². The van der Waals surface area contributed by atoms with Crippen LogP contribution in [0.25, 0.3) is 10.9 Å². The summed E-state index contributed by atoms with van der Waals surface area (Å²) in [5, 5.41) is 1.66. The number of benzene rings is 2. The number of halogens is 2. The summed E-state index contributed by atoms with van der Waals surface area (Å²) in [7, 11) is -3.64. The molecular weight excluding hydrogens is 339 g/mol. The van der Waals surface area contributed by atoms with Crippen molar-refractivity contribution in [2.75, 3.05) is 6.54 Å². The van der Waals surface area contributed by atoms with Crippen molar-refractivity contribution in [1.29, 1.82) is 0 Å². The first-order valence-electron chi connectivity index (χ1n) is 6.95. The number of nitrogens with zero attached hydrogens (tertiary/aromatic N) is 1. The van der Waals surface area contributed by atoms with E-state index in [-0.39, 0.29) is 11.4 Å². The molecule has 0 aliphatic heterocycles. The van der Waals surface area contributed by atoms with Crippen LogP contribution in [0, 0.1) is 5.82 Å². The van der Waals surface area contributed by atoms with E-state index in [1.807, 2.05) is 29.0 Å². The van der Waals surface area contributed by atoms with Crippen molar-refractivity contribution < 1.29 is 12.8 Å². The van der Waals surface area contributed by atoms with Crippen LogP contribution < -0.4 is 4.72 Å². The van der Waals surface area contributed by atoms with Crippen LogP contribution in [0.2, 0.25) is 5.02 Å². The molecule has 0 bridgehead atoms. The molecule has 0 unspecified atom stereocenters. The monoisotopic (exact) mass is 352 g/mol. The Labute approximate surface area is 138 Å². The minimum Gasteiger partial charge on any atom is -0.346 e. The van der Waals surface area contributed by atoms with E-state index in [2.05, 4.69) is 4.72 Å². The van der Waals surface area contributed by atoms with E-state index in [1.165, 1.54) is 12.1 Å². The van der Waals surface area contributed by atoms with Crippen LogP contribution >= 0.6 is 11.6 Å². The lowest BCUT2D eigenvalue weighted by molar-refractivity contribution is 0.574. The van der Waals surface area contributed by atoms with Gasteiger partial charge in [0.25, 0.3) is 0 Å². The second-order valence-corrected chi connectivity index (χ2v) is 7.27. The fourth-order valence-corrected chi connectivity index (χ4v) is 3.57. The normalized spacial score (nSPS) is 11.9. The van der Waals surface area contributed by atoms with Gasteiger partial charge in [-0.25, -0.2) is 17.5 Å². The van der Waals surface area contributed by atoms with Gasteiger partial charge >= 0.3 is 0 Å². The average molecular weight is 353 g/mol. The van der Waals surface area contributed by atoms with Gasteiger partial charge in [-0.05, 0) is 48.5 Å². The number of sulfonamides is 1. The average Bonchev–Trinajstić information content (AvgIpc) is 2.90. The highest BCUT2D eigenvalue weighted by molar-refractivity contribution is 7.89.